The van der Waals surface area contributed by atoms with E-state index < -0.39 is 236 Å². The van der Waals surface area contributed by atoms with E-state index in [2.05, 4.69) is 0 Å². The molecule has 0 amide bonds. The maximum Gasteiger partial charge on any atom is 0.394 e. The highest BCUT2D eigenvalue weighted by Gasteiger charge is 2.58. The fourth-order valence-electron chi connectivity index (χ4n) is 11.0. The van der Waals surface area contributed by atoms with E-state index in [-0.39, 0.29) is 25.9 Å². The Hall–Kier alpha value is 0.850. The second kappa shape index (κ2) is 31.7. The fourth-order valence-corrected chi connectivity index (χ4v) is 12.7. The third kappa shape index (κ3) is 15.6. The second-order valence-electron chi connectivity index (χ2n) is 21.4. The molecule has 8 heterocycles. The average Bonchev–Trinajstić information content (AvgIpc) is 4.32. The van der Waals surface area contributed by atoms with Gasteiger partial charge in [-0.2, -0.15) is 0 Å². The van der Waals surface area contributed by atoms with Crippen molar-refractivity contribution in [3.8, 4) is 0 Å². The van der Waals surface area contributed by atoms with E-state index in [0.29, 0.717) is 0 Å². The summed E-state index contributed by atoms with van der Waals surface area (Å²) < 4.78 is 127. The summed E-state index contributed by atoms with van der Waals surface area (Å²) in [7, 11) is 0. The largest absolute Gasteiger partial charge is 0.504 e. The molecule has 8 aliphatic heterocycles. The highest BCUT2D eigenvalue weighted by atomic mass is 27.1. The van der Waals surface area contributed by atoms with Crippen LogP contribution in [0.25, 0.3) is 0 Å². The standard InChI is InChI=1S/C46H74O32.4Al.4H/c1-14(2)67-22-11-65-45(38(30(22)56)78-44-34(60)28(54)19(8-50)72-44)75-23-12-64-41(35(61)36(23)76-42-32(58)26(52)17(6-48)70-42)74-24-13-66-46(73-21-10-63-40(68-15(3)4)31(57)29(21)55)39(69-20-9-62-16(5-47)25(20)51)37(24)77-43-33(59)27(53)18(7-49)71-43;;;;;;;;/h14-50,55-61H,5-13H2,1-4H3;;;;;;;;/q-4;4*+1;;;;/t16-,17-,18-,19-,20?,21+,22+,23+,24+,25-,26?,27-,28-,29?,30-,31?,32-,33-,34-,35?,36?,37-,38?,39?,40-,41-,42-,43-,44-,45-,46-;;;;;;;;/m0......../s1. The van der Waals surface area contributed by atoms with Gasteiger partial charge in [-0.05, 0) is 27.7 Å². The molecule has 82 heavy (non-hydrogen) atoms. The zero-order chi connectivity index (χ0) is 59.3. The van der Waals surface area contributed by atoms with Gasteiger partial charge in [0.2, 0.25) is 0 Å². The van der Waals surface area contributed by atoms with Gasteiger partial charge in [0.05, 0.1) is 96.1 Å². The van der Waals surface area contributed by atoms with Crippen LogP contribution >= 0.6 is 0 Å². The SMILES string of the molecule is CC(C)O[C@@H]1OC[C@@H](O[C@@H]2OC[C@@H](O[C@@H]3OC[C@@H](O[C@@H]4OC[C@@H](OC(C)C)[C@H](O)C4O[C@@H]4O[C@@H](CO)[C@H]([O][AlH])[C@@H]4O)C(O[C@@H]4O[C@@H](CO)C([O][AlH])[C@@H]4O)C3O)[C@H](O[C@@H]3O[C@@H](CO)[C@H]([O][AlH])[C@@H]3O)C2OC2CO[C@@H](CO)[C@@H]2[O][AlH])C(O)C1O. The molecule has 0 saturated carbocycles. The van der Waals surface area contributed by atoms with E-state index in [4.69, 9.17) is 95.7 Å². The monoisotopic (exact) mass is 1250 g/mol. The van der Waals surface area contributed by atoms with Crippen LogP contribution in [0.4, 0.5) is 0 Å². The van der Waals surface area contributed by atoms with Crippen molar-refractivity contribution in [2.24, 2.45) is 0 Å². The third-order valence-electron chi connectivity index (χ3n) is 15.2. The summed E-state index contributed by atoms with van der Waals surface area (Å²) in [5, 5.41) is 122. The lowest BCUT2D eigenvalue weighted by Crippen LogP contribution is -2.65. The molecule has 0 bridgehead atoms. The van der Waals surface area contributed by atoms with Crippen molar-refractivity contribution in [3.63, 3.8) is 0 Å². The molecule has 11 N–H and O–H groups in total. The van der Waals surface area contributed by atoms with E-state index in [1.807, 2.05) is 0 Å². The van der Waals surface area contributed by atoms with Gasteiger partial charge in [0.15, 0.2) is 44.0 Å². The first-order valence-corrected chi connectivity index (χ1v) is 29.4. The molecule has 466 valence electrons. The van der Waals surface area contributed by atoms with Crippen LogP contribution < -0.4 is 0 Å². The van der Waals surface area contributed by atoms with Crippen molar-refractivity contribution in [3.05, 3.63) is 0 Å². The van der Waals surface area contributed by atoms with Crippen LogP contribution in [0.1, 0.15) is 27.7 Å². The van der Waals surface area contributed by atoms with Crippen molar-refractivity contribution >= 4 is 66.5 Å². The molecule has 0 spiro atoms. The van der Waals surface area contributed by atoms with Gasteiger partial charge in [-0.25, -0.2) is 0 Å². The molecule has 8 unspecified atom stereocenters. The van der Waals surface area contributed by atoms with Crippen molar-refractivity contribution in [2.45, 2.75) is 230 Å². The summed E-state index contributed by atoms with van der Waals surface area (Å²) in [4.78, 5) is 0. The number of hydrogen-bond donors (Lipinski definition) is 11. The van der Waals surface area contributed by atoms with Gasteiger partial charge in [0.1, 0.15) is 122 Å². The lowest BCUT2D eigenvalue weighted by molar-refractivity contribution is -0.385. The summed E-state index contributed by atoms with van der Waals surface area (Å²) in [6.45, 7) is 2.94. The van der Waals surface area contributed by atoms with E-state index >= 15 is 0 Å². The Bertz CT molecular complexity index is 1900. The molecule has 0 aromatic carbocycles. The number of rotatable bonds is 26. The normalized spacial score (nSPS) is 48.4. The van der Waals surface area contributed by atoms with Crippen LogP contribution in [0.3, 0.4) is 0 Å². The summed E-state index contributed by atoms with van der Waals surface area (Å²) in [5.41, 5.74) is 0. The minimum Gasteiger partial charge on any atom is -0.504 e. The minimum absolute atomic E-state index is 0.147. The van der Waals surface area contributed by atoms with E-state index in [1.54, 1.807) is 27.7 Å². The van der Waals surface area contributed by atoms with Gasteiger partial charge in [-0.1, -0.05) is 0 Å². The predicted octanol–water partition coefficient (Wildman–Crippen LogP) is -10.4. The van der Waals surface area contributed by atoms with Crippen molar-refractivity contribution in [2.75, 3.05) is 59.5 Å². The molecular weight excluding hydrogens is 1170 g/mol. The maximum atomic E-state index is 12.6. The Morgan fingerprint density at radius 2 is 0.695 bits per heavy atom. The van der Waals surface area contributed by atoms with E-state index in [0.717, 1.165) is 66.5 Å². The molecule has 0 aromatic rings. The summed E-state index contributed by atoms with van der Waals surface area (Å²) >= 11 is 4.32. The zero-order valence-corrected chi connectivity index (χ0v) is 51.4. The Labute approximate surface area is 505 Å². The highest BCUT2D eigenvalue weighted by Crippen LogP contribution is 2.39. The lowest BCUT2D eigenvalue weighted by Gasteiger charge is -2.48. The quantitative estimate of drug-likeness (QED) is 0.0358. The Morgan fingerprint density at radius 1 is 0.317 bits per heavy atom. The summed E-state index contributed by atoms with van der Waals surface area (Å²) in [6.07, 6.45) is -43.4. The van der Waals surface area contributed by atoms with Gasteiger partial charge in [-0.3, -0.25) is 0 Å². The van der Waals surface area contributed by atoms with Gasteiger partial charge in [-0.15, -0.1) is 0 Å². The molecule has 36 heteroatoms. The molecule has 8 saturated heterocycles. The Kier molecular flexibility index (Phi) is 26.6. The third-order valence-corrected chi connectivity index (χ3v) is 16.7. The summed E-state index contributed by atoms with van der Waals surface area (Å²) in [5.74, 6) is 0. The molecule has 8 rings (SSSR count). The average molecular weight is 1250 g/mol. The smallest absolute Gasteiger partial charge is 0.394 e. The van der Waals surface area contributed by atoms with Gasteiger partial charge < -0.3 is 152 Å². The molecule has 0 aromatic heterocycles. The molecule has 31 atom stereocenters. The molecule has 0 aliphatic carbocycles. The van der Waals surface area contributed by atoms with Crippen LogP contribution in [0.2, 0.25) is 0 Å². The van der Waals surface area contributed by atoms with Gasteiger partial charge in [0.25, 0.3) is 0 Å². The zero-order valence-electron chi connectivity index (χ0n) is 45.7. The van der Waals surface area contributed by atoms with Crippen molar-refractivity contribution in [1.29, 1.82) is 0 Å². The lowest BCUT2D eigenvalue weighted by atomic mass is 10.0. The summed E-state index contributed by atoms with van der Waals surface area (Å²) in [6, 6.07) is 0. The first kappa shape index (κ1) is 68.8. The minimum atomic E-state index is -1.95. The van der Waals surface area contributed by atoms with Gasteiger partial charge in [0, 0.05) is 0 Å². The molecule has 4 radical (unpaired) electrons. The number of ether oxygens (including phenoxy) is 17. The topological polar surface area (TPSA) is 416 Å². The number of aliphatic hydroxyl groups is 11. The number of hydrogen-bond acceptors (Lipinski definition) is 32. The maximum absolute atomic E-state index is 12.6. The van der Waals surface area contributed by atoms with E-state index in [9.17, 15) is 56.2 Å². The fraction of sp³-hybridized carbons (Fsp3) is 1.00. The predicted molar refractivity (Wildman–Crippen MR) is 267 cm³/mol. The number of aliphatic hydroxyl groups excluding tert-OH is 11. The Morgan fingerprint density at radius 3 is 1.18 bits per heavy atom. The van der Waals surface area contributed by atoms with Crippen molar-refractivity contribution in [1.82, 2.24) is 0 Å². The van der Waals surface area contributed by atoms with Crippen LogP contribution in [0, 0.1) is 0 Å². The first-order chi connectivity index (χ1) is 39.3. The van der Waals surface area contributed by atoms with Crippen LogP contribution in [-0.2, 0) is 95.7 Å². The van der Waals surface area contributed by atoms with Crippen LogP contribution in [-0.4, -0.2) is 385 Å². The van der Waals surface area contributed by atoms with E-state index in [1.165, 1.54) is 0 Å². The van der Waals surface area contributed by atoms with Crippen LogP contribution in [0.15, 0.2) is 0 Å². The molecule has 8 fully saturated rings. The molecule has 8 aliphatic rings. The van der Waals surface area contributed by atoms with Crippen LogP contribution in [0.5, 0.6) is 0 Å². The highest BCUT2D eigenvalue weighted by molar-refractivity contribution is 5.98. The Balaban J connectivity index is 1.11. The van der Waals surface area contributed by atoms with Crippen molar-refractivity contribution < 1.29 is 152 Å². The second-order valence-corrected chi connectivity index (χ2v) is 22.7. The molecular formula is C46H78Al4O32. The van der Waals surface area contributed by atoms with Gasteiger partial charge >= 0.3 is 66.5 Å². The molecule has 32 nitrogen and oxygen atoms in total. The first-order valence-electron chi connectivity index (χ1n) is 27.1.